The number of aromatic nitrogens is 1. The van der Waals surface area contributed by atoms with Gasteiger partial charge in [0.05, 0.1) is 10.6 Å². The molecule has 134 valence electrons. The molecule has 8 heteroatoms. The van der Waals surface area contributed by atoms with E-state index in [0.29, 0.717) is 26.3 Å². The number of carbonyl (C=O) groups excluding carboxylic acids is 1. The molecular formula is C18H15ClN2O3S2. The number of amides is 1. The highest BCUT2D eigenvalue weighted by atomic mass is 35.5. The van der Waals surface area contributed by atoms with E-state index in [2.05, 4.69) is 10.3 Å². The Morgan fingerprint density at radius 1 is 1.15 bits per heavy atom. The molecule has 26 heavy (non-hydrogen) atoms. The largest absolute Gasteiger partial charge is 0.321 e. The molecule has 0 spiro atoms. The number of aryl methyl sites for hydroxylation is 1. The molecular weight excluding hydrogens is 392 g/mol. The van der Waals surface area contributed by atoms with Crippen molar-refractivity contribution in [1.82, 2.24) is 4.98 Å². The zero-order valence-corrected chi connectivity index (χ0v) is 16.4. The quantitative estimate of drug-likeness (QED) is 0.695. The molecule has 1 amide bonds. The number of sulfone groups is 1. The molecule has 3 rings (SSSR count). The van der Waals surface area contributed by atoms with Gasteiger partial charge in [0, 0.05) is 22.5 Å². The molecule has 3 aromatic rings. The van der Waals surface area contributed by atoms with Gasteiger partial charge in [-0.15, -0.1) is 11.3 Å². The molecule has 0 bridgehead atoms. The third-order valence-electron chi connectivity index (χ3n) is 3.61. The second kappa shape index (κ2) is 7.19. The molecule has 5 nitrogen and oxygen atoms in total. The van der Waals surface area contributed by atoms with Gasteiger partial charge in [-0.25, -0.2) is 13.4 Å². The summed E-state index contributed by atoms with van der Waals surface area (Å²) in [5, 5.41) is 4.08. The van der Waals surface area contributed by atoms with Crippen LogP contribution in [0.1, 0.15) is 15.4 Å². The number of benzene rings is 2. The Morgan fingerprint density at radius 2 is 1.85 bits per heavy atom. The third-order valence-corrected chi connectivity index (χ3v) is 6.18. The fraction of sp³-hybridized carbons (Fsp3) is 0.111. The maximum absolute atomic E-state index is 12.5. The Kier molecular flexibility index (Phi) is 5.13. The van der Waals surface area contributed by atoms with Crippen molar-refractivity contribution in [3.8, 4) is 10.6 Å². The summed E-state index contributed by atoms with van der Waals surface area (Å²) >= 11 is 7.29. The number of nitrogens with zero attached hydrogens (tertiary/aromatic N) is 1. The summed E-state index contributed by atoms with van der Waals surface area (Å²) in [6.45, 7) is 1.77. The van der Waals surface area contributed by atoms with Crippen LogP contribution in [0.3, 0.4) is 0 Å². The first-order valence-electron chi connectivity index (χ1n) is 7.59. The average molecular weight is 407 g/mol. The van der Waals surface area contributed by atoms with Gasteiger partial charge in [-0.2, -0.15) is 0 Å². The molecule has 0 saturated carbocycles. The van der Waals surface area contributed by atoms with Gasteiger partial charge in [0.15, 0.2) is 9.84 Å². The number of hydrogen-bond acceptors (Lipinski definition) is 5. The van der Waals surface area contributed by atoms with E-state index >= 15 is 0 Å². The number of thiazole rings is 1. The molecule has 2 aromatic carbocycles. The number of halogens is 1. The van der Waals surface area contributed by atoms with Crippen LogP contribution in [0.15, 0.2) is 53.4 Å². The molecule has 0 fully saturated rings. The third kappa shape index (κ3) is 4.12. The van der Waals surface area contributed by atoms with Crippen molar-refractivity contribution in [2.45, 2.75) is 11.8 Å². The van der Waals surface area contributed by atoms with E-state index in [1.165, 1.54) is 23.5 Å². The molecule has 0 aliphatic carbocycles. The smallest absolute Gasteiger partial charge is 0.267 e. The summed E-state index contributed by atoms with van der Waals surface area (Å²) in [7, 11) is -3.27. The molecule has 1 heterocycles. The van der Waals surface area contributed by atoms with Gasteiger partial charge in [-0.1, -0.05) is 23.7 Å². The van der Waals surface area contributed by atoms with Gasteiger partial charge in [0.1, 0.15) is 9.88 Å². The molecule has 1 aromatic heterocycles. The van der Waals surface area contributed by atoms with Crippen molar-refractivity contribution in [3.63, 3.8) is 0 Å². The van der Waals surface area contributed by atoms with Crippen LogP contribution >= 0.6 is 22.9 Å². The molecule has 0 radical (unpaired) electrons. The first-order chi connectivity index (χ1) is 12.2. The van der Waals surface area contributed by atoms with E-state index in [1.54, 1.807) is 31.2 Å². The molecule has 0 unspecified atom stereocenters. The second-order valence-electron chi connectivity index (χ2n) is 5.69. The van der Waals surface area contributed by atoms with Crippen molar-refractivity contribution < 1.29 is 13.2 Å². The minimum Gasteiger partial charge on any atom is -0.321 e. The van der Waals surface area contributed by atoms with Gasteiger partial charge in [-0.3, -0.25) is 4.79 Å². The van der Waals surface area contributed by atoms with E-state index in [9.17, 15) is 13.2 Å². The van der Waals surface area contributed by atoms with Crippen molar-refractivity contribution in [3.05, 3.63) is 64.1 Å². The highest BCUT2D eigenvalue weighted by Gasteiger charge is 2.17. The standard InChI is InChI=1S/C18H15ClN2O3S2/c1-11-16(25-18(20-11)12-4-3-5-13(19)10-12)17(22)21-14-6-8-15(9-7-14)26(2,23)24/h3-10H,1-2H3,(H,21,22). The lowest BCUT2D eigenvalue weighted by Crippen LogP contribution is -2.11. The van der Waals surface area contributed by atoms with Crippen molar-refractivity contribution in [2.24, 2.45) is 0 Å². The molecule has 1 N–H and O–H groups in total. The van der Waals surface area contributed by atoms with E-state index in [1.807, 2.05) is 12.1 Å². The van der Waals surface area contributed by atoms with Gasteiger partial charge in [0.2, 0.25) is 0 Å². The van der Waals surface area contributed by atoms with Crippen molar-refractivity contribution >= 4 is 44.4 Å². The predicted molar refractivity (Wildman–Crippen MR) is 105 cm³/mol. The maximum Gasteiger partial charge on any atom is 0.267 e. The Balaban J connectivity index is 1.82. The van der Waals surface area contributed by atoms with Crippen LogP contribution in [0, 0.1) is 6.92 Å². The minimum absolute atomic E-state index is 0.202. The lowest BCUT2D eigenvalue weighted by atomic mass is 10.2. The van der Waals surface area contributed by atoms with E-state index < -0.39 is 9.84 Å². The summed E-state index contributed by atoms with van der Waals surface area (Å²) in [6.07, 6.45) is 1.14. The second-order valence-corrected chi connectivity index (χ2v) is 9.15. The lowest BCUT2D eigenvalue weighted by Gasteiger charge is -2.05. The summed E-state index contributed by atoms with van der Waals surface area (Å²) in [4.78, 5) is 17.7. The number of rotatable bonds is 4. The zero-order valence-electron chi connectivity index (χ0n) is 14.0. The lowest BCUT2D eigenvalue weighted by molar-refractivity contribution is 0.103. The monoisotopic (exact) mass is 406 g/mol. The number of anilines is 1. The first kappa shape index (κ1) is 18.6. The highest BCUT2D eigenvalue weighted by molar-refractivity contribution is 7.90. The van der Waals surface area contributed by atoms with E-state index in [0.717, 1.165) is 11.8 Å². The van der Waals surface area contributed by atoms with Gasteiger partial charge >= 0.3 is 0 Å². The Labute approximate surface area is 160 Å². The molecule has 0 saturated heterocycles. The summed E-state index contributed by atoms with van der Waals surface area (Å²) in [5.41, 5.74) is 1.98. The SMILES string of the molecule is Cc1nc(-c2cccc(Cl)c2)sc1C(=O)Nc1ccc(S(C)(=O)=O)cc1. The van der Waals surface area contributed by atoms with Crippen LogP contribution in [0.5, 0.6) is 0 Å². The average Bonchev–Trinajstić information content (AvgIpc) is 2.96. The topological polar surface area (TPSA) is 76.1 Å². The van der Waals surface area contributed by atoms with Crippen LogP contribution in [0.2, 0.25) is 5.02 Å². The van der Waals surface area contributed by atoms with Crippen LogP contribution in [0.4, 0.5) is 5.69 Å². The Hall–Kier alpha value is -2.22. The van der Waals surface area contributed by atoms with Gasteiger partial charge < -0.3 is 5.32 Å². The van der Waals surface area contributed by atoms with Crippen LogP contribution in [0.25, 0.3) is 10.6 Å². The summed E-state index contributed by atoms with van der Waals surface area (Å²) in [5.74, 6) is -0.291. The normalized spacial score (nSPS) is 11.3. The summed E-state index contributed by atoms with van der Waals surface area (Å²) < 4.78 is 23.0. The minimum atomic E-state index is -3.27. The van der Waals surface area contributed by atoms with E-state index in [4.69, 9.17) is 11.6 Å². The van der Waals surface area contributed by atoms with Crippen molar-refractivity contribution in [1.29, 1.82) is 0 Å². The number of hydrogen-bond donors (Lipinski definition) is 1. The zero-order chi connectivity index (χ0) is 18.9. The maximum atomic E-state index is 12.5. The Bertz CT molecular complexity index is 1070. The number of carbonyl (C=O) groups is 1. The Morgan fingerprint density at radius 3 is 2.46 bits per heavy atom. The molecule has 0 aliphatic rings. The molecule has 0 aliphatic heterocycles. The van der Waals surface area contributed by atoms with Gasteiger partial charge in [-0.05, 0) is 43.3 Å². The number of nitrogens with one attached hydrogen (secondary N) is 1. The fourth-order valence-electron chi connectivity index (χ4n) is 2.33. The van der Waals surface area contributed by atoms with Crippen LogP contribution in [-0.4, -0.2) is 25.6 Å². The molecule has 0 atom stereocenters. The highest BCUT2D eigenvalue weighted by Crippen LogP contribution is 2.30. The van der Waals surface area contributed by atoms with E-state index in [-0.39, 0.29) is 10.8 Å². The summed E-state index contributed by atoms with van der Waals surface area (Å²) in [6, 6.07) is 13.3. The van der Waals surface area contributed by atoms with Gasteiger partial charge in [0.25, 0.3) is 5.91 Å². The fourth-order valence-corrected chi connectivity index (χ4v) is 4.10. The first-order valence-corrected chi connectivity index (χ1v) is 10.7. The predicted octanol–water partition coefficient (Wildman–Crippen LogP) is 4.43. The van der Waals surface area contributed by atoms with Crippen LogP contribution < -0.4 is 5.32 Å². The van der Waals surface area contributed by atoms with Crippen molar-refractivity contribution in [2.75, 3.05) is 11.6 Å². The van der Waals surface area contributed by atoms with Crippen LogP contribution in [-0.2, 0) is 9.84 Å².